The molecule has 12 heteroatoms. The van der Waals surface area contributed by atoms with Crippen LogP contribution in [-0.2, 0) is 11.1 Å². The zero-order valence-electron chi connectivity index (χ0n) is 19.6. The van der Waals surface area contributed by atoms with Crippen molar-refractivity contribution >= 4 is 17.5 Å². The molecule has 1 aromatic heterocycles. The Morgan fingerprint density at radius 1 is 1.11 bits per heavy atom. The van der Waals surface area contributed by atoms with Gasteiger partial charge in [0.15, 0.2) is 11.5 Å². The molecule has 37 heavy (non-hydrogen) atoms. The van der Waals surface area contributed by atoms with Crippen LogP contribution in [0.2, 0.25) is 5.02 Å². The molecule has 0 bridgehead atoms. The number of hydrogen-bond donors (Lipinski definition) is 3. The minimum absolute atomic E-state index is 0.000203. The molecule has 7 nitrogen and oxygen atoms in total. The number of rotatable bonds is 6. The topological polar surface area (TPSA) is 107 Å². The standard InChI is InChI=1S/C25H22ClF4N3O4/c1-23(2,31)15-9-18(13-3-5-17(27)16(26)7-13)33-21(10-15)24(35,25(28,29)30)11-32-22(34)14-4-6-19-20(8-14)37-12-36-19/h3-10,35H,11-12,31H2,1-2H3,(H,32,34). The fraction of sp³-hybridized carbons (Fsp3) is 0.280. The molecule has 2 aromatic carbocycles. The summed E-state index contributed by atoms with van der Waals surface area (Å²) in [7, 11) is 0. The second-order valence-electron chi connectivity index (χ2n) is 9.09. The van der Waals surface area contributed by atoms with Crippen molar-refractivity contribution in [1.82, 2.24) is 10.3 Å². The summed E-state index contributed by atoms with van der Waals surface area (Å²) >= 11 is 5.85. The Morgan fingerprint density at radius 2 is 1.81 bits per heavy atom. The van der Waals surface area contributed by atoms with Gasteiger partial charge in [0.2, 0.25) is 12.4 Å². The lowest BCUT2D eigenvalue weighted by Crippen LogP contribution is -2.51. The Kier molecular flexibility index (Phi) is 6.82. The highest BCUT2D eigenvalue weighted by atomic mass is 35.5. The van der Waals surface area contributed by atoms with E-state index in [1.165, 1.54) is 36.4 Å². The molecule has 196 valence electrons. The first-order chi connectivity index (χ1) is 17.2. The minimum atomic E-state index is -5.25. The maximum atomic E-state index is 14.3. The number of nitrogens with one attached hydrogen (secondary N) is 1. The van der Waals surface area contributed by atoms with Gasteiger partial charge in [0.25, 0.3) is 5.91 Å². The normalized spacial score (nSPS) is 14.8. The molecule has 0 aliphatic carbocycles. The number of hydrogen-bond acceptors (Lipinski definition) is 6. The highest BCUT2D eigenvalue weighted by Crippen LogP contribution is 2.40. The van der Waals surface area contributed by atoms with Crippen LogP contribution in [0.4, 0.5) is 17.6 Å². The summed E-state index contributed by atoms with van der Waals surface area (Å²) in [6.07, 6.45) is -5.25. The maximum absolute atomic E-state index is 14.3. The number of amides is 1. The van der Waals surface area contributed by atoms with Gasteiger partial charge in [-0.2, -0.15) is 13.2 Å². The Morgan fingerprint density at radius 3 is 2.46 bits per heavy atom. The van der Waals surface area contributed by atoms with Gasteiger partial charge in [0.1, 0.15) is 5.82 Å². The van der Waals surface area contributed by atoms with Crippen molar-refractivity contribution in [2.24, 2.45) is 5.73 Å². The number of carbonyl (C=O) groups is 1. The van der Waals surface area contributed by atoms with Crippen LogP contribution >= 0.6 is 11.6 Å². The lowest BCUT2D eigenvalue weighted by molar-refractivity contribution is -0.265. The molecular formula is C25H22ClF4N3O4. The van der Waals surface area contributed by atoms with E-state index < -0.39 is 41.3 Å². The molecule has 1 aliphatic rings. The van der Waals surface area contributed by atoms with E-state index in [1.54, 1.807) is 13.8 Å². The van der Waals surface area contributed by atoms with Gasteiger partial charge in [-0.25, -0.2) is 9.37 Å². The second kappa shape index (κ2) is 9.47. The van der Waals surface area contributed by atoms with Crippen molar-refractivity contribution in [3.05, 3.63) is 76.2 Å². The van der Waals surface area contributed by atoms with E-state index in [1.807, 2.05) is 0 Å². The Balaban J connectivity index is 1.74. The molecule has 1 unspecified atom stereocenters. The average molecular weight is 540 g/mol. The molecule has 0 fully saturated rings. The number of pyridine rings is 1. The van der Waals surface area contributed by atoms with E-state index in [2.05, 4.69) is 10.3 Å². The predicted octanol–water partition coefficient (Wildman–Crippen LogP) is 4.64. The number of nitrogens with zero attached hydrogens (tertiary/aromatic N) is 1. The van der Waals surface area contributed by atoms with Crippen LogP contribution in [0.25, 0.3) is 11.3 Å². The Labute approximate surface area is 214 Å². The highest BCUT2D eigenvalue weighted by Gasteiger charge is 2.56. The molecule has 1 aliphatic heterocycles. The maximum Gasteiger partial charge on any atom is 0.424 e. The molecule has 0 saturated carbocycles. The number of aromatic nitrogens is 1. The molecule has 3 aromatic rings. The molecular weight excluding hydrogens is 518 g/mol. The summed E-state index contributed by atoms with van der Waals surface area (Å²) in [6.45, 7) is 1.81. The van der Waals surface area contributed by atoms with Gasteiger partial charge < -0.3 is 25.6 Å². The molecule has 0 saturated heterocycles. The van der Waals surface area contributed by atoms with Crippen molar-refractivity contribution < 1.29 is 36.9 Å². The first-order valence-electron chi connectivity index (χ1n) is 10.9. The van der Waals surface area contributed by atoms with Gasteiger partial charge in [-0.15, -0.1) is 0 Å². The quantitative estimate of drug-likeness (QED) is 0.394. The summed E-state index contributed by atoms with van der Waals surface area (Å²) in [5.41, 5.74) is 0.985. The first-order valence-corrected chi connectivity index (χ1v) is 11.3. The lowest BCUT2D eigenvalue weighted by atomic mass is 9.89. The summed E-state index contributed by atoms with van der Waals surface area (Å²) in [5, 5.41) is 12.8. The third-order valence-corrected chi connectivity index (χ3v) is 6.11. The number of carbonyl (C=O) groups excluding carboxylic acids is 1. The molecule has 0 radical (unpaired) electrons. The summed E-state index contributed by atoms with van der Waals surface area (Å²) < 4.78 is 67.0. The number of aliphatic hydroxyl groups is 1. The fourth-order valence-electron chi connectivity index (χ4n) is 3.60. The monoisotopic (exact) mass is 539 g/mol. The zero-order chi connectivity index (χ0) is 27.2. The molecule has 0 spiro atoms. The molecule has 1 atom stereocenters. The molecule has 4 N–H and O–H groups in total. The number of fused-ring (bicyclic) bond motifs is 1. The van der Waals surface area contributed by atoms with Crippen LogP contribution in [-0.4, -0.2) is 35.5 Å². The Bertz CT molecular complexity index is 1360. The minimum Gasteiger partial charge on any atom is -0.454 e. The van der Waals surface area contributed by atoms with E-state index >= 15 is 0 Å². The van der Waals surface area contributed by atoms with Gasteiger partial charge in [-0.3, -0.25) is 4.79 Å². The number of halogens is 5. The lowest BCUT2D eigenvalue weighted by Gasteiger charge is -2.32. The van der Waals surface area contributed by atoms with E-state index in [9.17, 15) is 27.5 Å². The van der Waals surface area contributed by atoms with Gasteiger partial charge in [-0.1, -0.05) is 11.6 Å². The summed E-state index contributed by atoms with van der Waals surface area (Å²) in [5.74, 6) is -0.955. The van der Waals surface area contributed by atoms with Crippen LogP contribution in [0.15, 0.2) is 48.5 Å². The van der Waals surface area contributed by atoms with Crippen LogP contribution in [0.3, 0.4) is 0 Å². The average Bonchev–Trinajstić information content (AvgIpc) is 3.30. The van der Waals surface area contributed by atoms with E-state index in [0.717, 1.165) is 12.1 Å². The summed E-state index contributed by atoms with van der Waals surface area (Å²) in [6, 6.07) is 10.1. The van der Waals surface area contributed by atoms with Crippen LogP contribution in [0.1, 0.15) is 35.5 Å². The number of alkyl halides is 3. The second-order valence-corrected chi connectivity index (χ2v) is 9.49. The molecule has 4 rings (SSSR count). The van der Waals surface area contributed by atoms with E-state index in [4.69, 9.17) is 26.8 Å². The van der Waals surface area contributed by atoms with Crippen molar-refractivity contribution in [1.29, 1.82) is 0 Å². The highest BCUT2D eigenvalue weighted by molar-refractivity contribution is 6.31. The molecule has 2 heterocycles. The van der Waals surface area contributed by atoms with Crippen LogP contribution < -0.4 is 20.5 Å². The smallest absolute Gasteiger partial charge is 0.424 e. The van der Waals surface area contributed by atoms with E-state index in [0.29, 0.717) is 5.75 Å². The van der Waals surface area contributed by atoms with Gasteiger partial charge in [-0.05, 0) is 67.9 Å². The van der Waals surface area contributed by atoms with Crippen molar-refractivity contribution in [2.45, 2.75) is 31.2 Å². The first kappa shape index (κ1) is 26.6. The third-order valence-electron chi connectivity index (χ3n) is 5.82. The third kappa shape index (κ3) is 5.34. The van der Waals surface area contributed by atoms with Crippen molar-refractivity contribution in [3.8, 4) is 22.8 Å². The zero-order valence-corrected chi connectivity index (χ0v) is 20.4. The number of nitrogens with two attached hydrogens (primary N) is 1. The SMILES string of the molecule is CC(C)(N)c1cc(-c2ccc(F)c(Cl)c2)nc(C(O)(CNC(=O)c2ccc3c(c2)OCO3)C(F)(F)F)c1. The number of benzene rings is 2. The van der Waals surface area contributed by atoms with Crippen molar-refractivity contribution in [3.63, 3.8) is 0 Å². The molecule has 1 amide bonds. The fourth-order valence-corrected chi connectivity index (χ4v) is 3.78. The van der Waals surface area contributed by atoms with E-state index in [-0.39, 0.29) is 39.9 Å². The summed E-state index contributed by atoms with van der Waals surface area (Å²) in [4.78, 5) is 16.7. The number of ether oxygens (including phenoxy) is 2. The largest absolute Gasteiger partial charge is 0.454 e. The van der Waals surface area contributed by atoms with Gasteiger partial charge >= 0.3 is 6.18 Å². The van der Waals surface area contributed by atoms with Gasteiger partial charge in [0.05, 0.1) is 23.0 Å². The predicted molar refractivity (Wildman–Crippen MR) is 127 cm³/mol. The van der Waals surface area contributed by atoms with Crippen LogP contribution in [0, 0.1) is 5.82 Å². The Hall–Kier alpha value is -3.41. The van der Waals surface area contributed by atoms with Crippen LogP contribution in [0.5, 0.6) is 11.5 Å². The van der Waals surface area contributed by atoms with Gasteiger partial charge in [0, 0.05) is 16.7 Å². The van der Waals surface area contributed by atoms with Crippen molar-refractivity contribution in [2.75, 3.05) is 13.3 Å².